The molecule has 7 nitrogen and oxygen atoms in total. The van der Waals surface area contributed by atoms with Gasteiger partial charge < -0.3 is 9.75 Å². The number of amides is 1. The number of aromatic nitrogens is 2. The predicted molar refractivity (Wildman–Crippen MR) is 107 cm³/mol. The molecule has 1 aliphatic rings. The van der Waals surface area contributed by atoms with Crippen LogP contribution in [-0.4, -0.2) is 33.9 Å². The first-order valence-electron chi connectivity index (χ1n) is 9.31. The van der Waals surface area contributed by atoms with Crippen molar-refractivity contribution in [2.24, 2.45) is 0 Å². The molecule has 2 heterocycles. The lowest BCUT2D eigenvalue weighted by Gasteiger charge is -2.22. The van der Waals surface area contributed by atoms with E-state index < -0.39 is 5.91 Å². The molecule has 3 aromatic rings. The molecule has 28 heavy (non-hydrogen) atoms. The van der Waals surface area contributed by atoms with Crippen LogP contribution in [0.1, 0.15) is 24.0 Å². The zero-order valence-corrected chi connectivity index (χ0v) is 15.4. The van der Waals surface area contributed by atoms with E-state index >= 15 is 0 Å². The number of imidazole rings is 1. The SMILES string of the molecule is O=C(/C=C/c1ccc2c(c1)nc(OCc1ccccc1)n2N1CCCC1)NO. The number of carbonyl (C=O) groups excluding carboxylic acids is 1. The van der Waals surface area contributed by atoms with Crippen molar-refractivity contribution < 1.29 is 14.7 Å². The number of hydrogen-bond acceptors (Lipinski definition) is 5. The summed E-state index contributed by atoms with van der Waals surface area (Å²) in [4.78, 5) is 15.9. The fourth-order valence-electron chi connectivity index (χ4n) is 3.36. The molecule has 1 amide bonds. The summed E-state index contributed by atoms with van der Waals surface area (Å²) in [5.74, 6) is -0.574. The van der Waals surface area contributed by atoms with Gasteiger partial charge in [-0.1, -0.05) is 36.4 Å². The summed E-state index contributed by atoms with van der Waals surface area (Å²) in [6.45, 7) is 2.37. The van der Waals surface area contributed by atoms with Gasteiger partial charge in [-0.15, -0.1) is 0 Å². The molecule has 0 saturated carbocycles. The highest BCUT2D eigenvalue weighted by molar-refractivity contribution is 5.91. The molecular formula is C21H22N4O3. The zero-order chi connectivity index (χ0) is 19.3. The maximum atomic E-state index is 11.2. The number of carbonyl (C=O) groups is 1. The molecule has 1 saturated heterocycles. The normalized spacial score (nSPS) is 14.1. The molecule has 0 aliphatic carbocycles. The van der Waals surface area contributed by atoms with Crippen molar-refractivity contribution in [3.05, 3.63) is 65.7 Å². The maximum Gasteiger partial charge on any atom is 0.317 e. The van der Waals surface area contributed by atoms with Crippen molar-refractivity contribution in [2.75, 3.05) is 18.1 Å². The molecule has 1 fully saturated rings. The monoisotopic (exact) mass is 378 g/mol. The third kappa shape index (κ3) is 3.84. The number of hydrogen-bond donors (Lipinski definition) is 2. The van der Waals surface area contributed by atoms with E-state index in [1.807, 2.05) is 48.5 Å². The Labute approximate surface area is 162 Å². The zero-order valence-electron chi connectivity index (χ0n) is 15.4. The first-order valence-corrected chi connectivity index (χ1v) is 9.31. The third-order valence-corrected chi connectivity index (χ3v) is 4.74. The molecule has 4 rings (SSSR count). The van der Waals surface area contributed by atoms with Gasteiger partial charge in [0.1, 0.15) is 6.61 Å². The van der Waals surface area contributed by atoms with E-state index in [2.05, 4.69) is 9.69 Å². The standard InChI is InChI=1S/C21H22N4O3/c26-20(23-27)11-9-16-8-10-19-18(14-16)22-21(25(19)24-12-4-5-13-24)28-15-17-6-2-1-3-7-17/h1-3,6-11,14,27H,4-5,12-13,15H2,(H,23,26)/b11-9+. The van der Waals surface area contributed by atoms with E-state index in [-0.39, 0.29) is 0 Å². The second-order valence-corrected chi connectivity index (χ2v) is 6.70. The fourth-order valence-corrected chi connectivity index (χ4v) is 3.36. The van der Waals surface area contributed by atoms with Crippen LogP contribution in [0.4, 0.5) is 0 Å². The average molecular weight is 378 g/mol. The Morgan fingerprint density at radius 2 is 1.96 bits per heavy atom. The lowest BCUT2D eigenvalue weighted by Crippen LogP contribution is -2.31. The Kier molecular flexibility index (Phi) is 5.25. The molecular weight excluding hydrogens is 356 g/mol. The number of fused-ring (bicyclic) bond motifs is 1. The lowest BCUT2D eigenvalue weighted by atomic mass is 10.2. The summed E-state index contributed by atoms with van der Waals surface area (Å²) >= 11 is 0. The van der Waals surface area contributed by atoms with E-state index in [4.69, 9.17) is 14.9 Å². The highest BCUT2D eigenvalue weighted by atomic mass is 16.5. The van der Waals surface area contributed by atoms with Gasteiger partial charge in [-0.2, -0.15) is 4.98 Å². The average Bonchev–Trinajstić information content (AvgIpc) is 3.38. The number of rotatable bonds is 6. The van der Waals surface area contributed by atoms with Crippen LogP contribution in [-0.2, 0) is 11.4 Å². The number of benzene rings is 2. The summed E-state index contributed by atoms with van der Waals surface area (Å²) in [6.07, 6.45) is 5.19. The Bertz CT molecular complexity index is 992. The minimum Gasteiger partial charge on any atom is -0.459 e. The number of ether oxygens (including phenoxy) is 1. The second-order valence-electron chi connectivity index (χ2n) is 6.70. The smallest absolute Gasteiger partial charge is 0.317 e. The van der Waals surface area contributed by atoms with Crippen LogP contribution >= 0.6 is 0 Å². The first-order chi connectivity index (χ1) is 13.7. The Balaban J connectivity index is 1.66. The fraction of sp³-hybridized carbons (Fsp3) is 0.238. The Morgan fingerprint density at radius 1 is 1.18 bits per heavy atom. The van der Waals surface area contributed by atoms with Crippen LogP contribution in [0.5, 0.6) is 6.01 Å². The Morgan fingerprint density at radius 3 is 2.71 bits per heavy atom. The third-order valence-electron chi connectivity index (χ3n) is 4.74. The van der Waals surface area contributed by atoms with Crippen LogP contribution in [0.25, 0.3) is 17.1 Å². The molecule has 7 heteroatoms. The number of nitrogens with one attached hydrogen (secondary N) is 1. The highest BCUT2D eigenvalue weighted by Gasteiger charge is 2.20. The van der Waals surface area contributed by atoms with Crippen LogP contribution in [0.15, 0.2) is 54.6 Å². The van der Waals surface area contributed by atoms with E-state index in [0.717, 1.165) is 48.1 Å². The molecule has 1 aromatic heterocycles. The molecule has 0 atom stereocenters. The minimum atomic E-state index is -0.574. The summed E-state index contributed by atoms with van der Waals surface area (Å²) in [6, 6.07) is 16.4. The molecule has 0 spiro atoms. The van der Waals surface area contributed by atoms with Gasteiger partial charge in [-0.05, 0) is 42.2 Å². The van der Waals surface area contributed by atoms with Crippen molar-refractivity contribution in [2.45, 2.75) is 19.4 Å². The van der Waals surface area contributed by atoms with Crippen LogP contribution in [0.2, 0.25) is 0 Å². The molecule has 0 unspecified atom stereocenters. The van der Waals surface area contributed by atoms with E-state index in [1.165, 1.54) is 6.08 Å². The summed E-state index contributed by atoms with van der Waals surface area (Å²) < 4.78 is 8.13. The van der Waals surface area contributed by atoms with Crippen LogP contribution < -0.4 is 15.2 Å². The van der Waals surface area contributed by atoms with Crippen LogP contribution in [0.3, 0.4) is 0 Å². The Hall–Kier alpha value is -3.32. The second kappa shape index (κ2) is 8.14. The van der Waals surface area contributed by atoms with Crippen molar-refractivity contribution in [3.63, 3.8) is 0 Å². The molecule has 0 radical (unpaired) electrons. The minimum absolute atomic E-state index is 0.446. The summed E-state index contributed by atoms with van der Waals surface area (Å²) in [5, 5.41) is 10.9. The van der Waals surface area contributed by atoms with Gasteiger partial charge in [0.15, 0.2) is 0 Å². The highest BCUT2D eigenvalue weighted by Crippen LogP contribution is 2.26. The van der Waals surface area contributed by atoms with Crippen molar-refractivity contribution >= 4 is 23.0 Å². The van der Waals surface area contributed by atoms with Crippen molar-refractivity contribution in [1.82, 2.24) is 15.1 Å². The molecule has 144 valence electrons. The number of hydroxylamine groups is 1. The first kappa shape index (κ1) is 18.1. The number of nitrogens with zero attached hydrogens (tertiary/aromatic N) is 3. The van der Waals surface area contributed by atoms with Gasteiger partial charge in [-0.3, -0.25) is 10.0 Å². The van der Waals surface area contributed by atoms with E-state index in [1.54, 1.807) is 11.6 Å². The van der Waals surface area contributed by atoms with Crippen LogP contribution in [0, 0.1) is 0 Å². The predicted octanol–water partition coefficient (Wildman–Crippen LogP) is 2.87. The molecule has 2 N–H and O–H groups in total. The van der Waals surface area contributed by atoms with Gasteiger partial charge in [0, 0.05) is 19.2 Å². The molecule has 0 bridgehead atoms. The van der Waals surface area contributed by atoms with Gasteiger partial charge in [0.2, 0.25) is 0 Å². The molecule has 1 aliphatic heterocycles. The van der Waals surface area contributed by atoms with Gasteiger partial charge in [0.25, 0.3) is 5.91 Å². The van der Waals surface area contributed by atoms with E-state index in [0.29, 0.717) is 12.6 Å². The quantitative estimate of drug-likeness (QED) is 0.392. The van der Waals surface area contributed by atoms with Gasteiger partial charge in [0.05, 0.1) is 11.0 Å². The topological polar surface area (TPSA) is 79.6 Å². The van der Waals surface area contributed by atoms with Crippen molar-refractivity contribution in [1.29, 1.82) is 0 Å². The largest absolute Gasteiger partial charge is 0.459 e. The lowest BCUT2D eigenvalue weighted by molar-refractivity contribution is -0.124. The summed E-state index contributed by atoms with van der Waals surface area (Å²) in [5.41, 5.74) is 5.24. The molecule has 2 aromatic carbocycles. The maximum absolute atomic E-state index is 11.2. The van der Waals surface area contributed by atoms with Gasteiger partial charge in [-0.25, -0.2) is 10.2 Å². The van der Waals surface area contributed by atoms with Gasteiger partial charge >= 0.3 is 6.01 Å². The van der Waals surface area contributed by atoms with Crippen molar-refractivity contribution in [3.8, 4) is 6.01 Å². The summed E-state index contributed by atoms with van der Waals surface area (Å²) in [7, 11) is 0. The van der Waals surface area contributed by atoms with E-state index in [9.17, 15) is 4.79 Å².